The maximum atomic E-state index is 12.2. The second-order valence-corrected chi connectivity index (χ2v) is 5.17. The van der Waals surface area contributed by atoms with Crippen LogP contribution in [0.3, 0.4) is 0 Å². The molecule has 0 bridgehead atoms. The van der Waals surface area contributed by atoms with Crippen molar-refractivity contribution in [1.82, 2.24) is 5.32 Å². The van der Waals surface area contributed by atoms with Crippen LogP contribution in [0.15, 0.2) is 36.0 Å². The Morgan fingerprint density at radius 1 is 1.00 bits per heavy atom. The molecule has 0 aromatic heterocycles. The fourth-order valence-corrected chi connectivity index (χ4v) is 1.81. The van der Waals surface area contributed by atoms with Crippen LogP contribution in [0.1, 0.15) is 41.5 Å². The topological polar surface area (TPSA) is 46.2 Å². The molecule has 0 unspecified atom stereocenters. The van der Waals surface area contributed by atoms with Crippen LogP contribution in [0.25, 0.3) is 0 Å². The summed E-state index contributed by atoms with van der Waals surface area (Å²) in [6, 6.07) is 6.90. The van der Waals surface area contributed by atoms with Gasteiger partial charge in [-0.05, 0) is 20.8 Å². The van der Waals surface area contributed by atoms with E-state index in [0.717, 1.165) is 0 Å². The molecule has 0 fully saturated rings. The lowest BCUT2D eigenvalue weighted by Crippen LogP contribution is -2.39. The molecule has 1 aliphatic rings. The van der Waals surface area contributed by atoms with Gasteiger partial charge < -0.3 is 5.32 Å². The van der Waals surface area contributed by atoms with E-state index in [4.69, 9.17) is 0 Å². The van der Waals surface area contributed by atoms with Gasteiger partial charge in [-0.25, -0.2) is 0 Å². The summed E-state index contributed by atoms with van der Waals surface area (Å²) in [5.74, 6) is -0.234. The van der Waals surface area contributed by atoms with Crippen LogP contribution in [-0.2, 0) is 0 Å². The number of hydrogen-bond donors (Lipinski definition) is 1. The van der Waals surface area contributed by atoms with Crippen LogP contribution in [0.4, 0.5) is 0 Å². The molecule has 1 aliphatic carbocycles. The third kappa shape index (κ3) is 2.28. The average Bonchev–Trinajstić information content (AvgIpc) is 2.24. The molecule has 0 amide bonds. The second-order valence-electron chi connectivity index (χ2n) is 5.17. The lowest BCUT2D eigenvalue weighted by Gasteiger charge is -2.25. The monoisotopic (exact) mass is 229 g/mol. The second kappa shape index (κ2) is 3.84. The Balaban J connectivity index is 2.42. The Bertz CT molecular complexity index is 521. The van der Waals surface area contributed by atoms with Crippen molar-refractivity contribution in [1.29, 1.82) is 0 Å². The third-order valence-electron chi connectivity index (χ3n) is 2.47. The summed E-state index contributed by atoms with van der Waals surface area (Å²) in [6.45, 7) is 5.85. The van der Waals surface area contributed by atoms with E-state index in [9.17, 15) is 9.59 Å². The first-order valence-corrected chi connectivity index (χ1v) is 5.56. The van der Waals surface area contributed by atoms with Gasteiger partial charge in [-0.3, -0.25) is 9.59 Å². The first kappa shape index (κ1) is 11.6. The third-order valence-corrected chi connectivity index (χ3v) is 2.47. The van der Waals surface area contributed by atoms with Crippen molar-refractivity contribution < 1.29 is 9.59 Å². The quantitative estimate of drug-likeness (QED) is 0.804. The molecule has 0 saturated heterocycles. The van der Waals surface area contributed by atoms with E-state index in [1.54, 1.807) is 24.3 Å². The molecule has 0 saturated carbocycles. The predicted molar refractivity (Wildman–Crippen MR) is 66.1 cm³/mol. The lowest BCUT2D eigenvalue weighted by molar-refractivity contribution is 0.0974. The van der Waals surface area contributed by atoms with E-state index in [0.29, 0.717) is 16.8 Å². The number of hydrogen-bond acceptors (Lipinski definition) is 3. The Kier molecular flexibility index (Phi) is 2.62. The van der Waals surface area contributed by atoms with Crippen molar-refractivity contribution in [2.45, 2.75) is 26.3 Å². The Labute approximate surface area is 101 Å². The molecule has 17 heavy (non-hydrogen) atoms. The van der Waals surface area contributed by atoms with Crippen LogP contribution in [-0.4, -0.2) is 17.1 Å². The highest BCUT2D eigenvalue weighted by atomic mass is 16.1. The van der Waals surface area contributed by atoms with E-state index >= 15 is 0 Å². The molecule has 0 aliphatic heterocycles. The van der Waals surface area contributed by atoms with Crippen LogP contribution in [0.2, 0.25) is 0 Å². The van der Waals surface area contributed by atoms with Gasteiger partial charge in [-0.15, -0.1) is 0 Å². The summed E-state index contributed by atoms with van der Waals surface area (Å²) in [4.78, 5) is 24.0. The number of benzene rings is 1. The molecule has 1 aromatic rings. The predicted octanol–water partition coefficient (Wildman–Crippen LogP) is 2.34. The van der Waals surface area contributed by atoms with Crippen molar-refractivity contribution >= 4 is 11.6 Å². The molecule has 0 atom stereocenters. The van der Waals surface area contributed by atoms with Gasteiger partial charge in [0, 0.05) is 22.7 Å². The fourth-order valence-electron chi connectivity index (χ4n) is 1.81. The molecule has 0 radical (unpaired) electrons. The smallest absolute Gasteiger partial charge is 0.209 e. The minimum absolute atomic E-state index is 0.116. The van der Waals surface area contributed by atoms with Crippen molar-refractivity contribution in [3.63, 3.8) is 0 Å². The highest BCUT2D eigenvalue weighted by Gasteiger charge is 2.27. The first-order chi connectivity index (χ1) is 7.88. The summed E-state index contributed by atoms with van der Waals surface area (Å²) in [6.07, 6.45) is 1.38. The average molecular weight is 229 g/mol. The summed E-state index contributed by atoms with van der Waals surface area (Å²) < 4.78 is 0. The van der Waals surface area contributed by atoms with Gasteiger partial charge in [0.1, 0.15) is 0 Å². The van der Waals surface area contributed by atoms with Crippen LogP contribution in [0, 0.1) is 0 Å². The van der Waals surface area contributed by atoms with Crippen molar-refractivity contribution in [3.05, 3.63) is 47.2 Å². The van der Waals surface area contributed by atoms with Crippen LogP contribution in [0.5, 0.6) is 0 Å². The van der Waals surface area contributed by atoms with Gasteiger partial charge in [-0.1, -0.05) is 24.3 Å². The van der Waals surface area contributed by atoms with Crippen molar-refractivity contribution in [3.8, 4) is 0 Å². The normalized spacial score (nSPS) is 15.4. The zero-order valence-corrected chi connectivity index (χ0v) is 10.2. The molecule has 0 heterocycles. The molecule has 1 aromatic carbocycles. The maximum absolute atomic E-state index is 12.2. The standard InChI is InChI=1S/C14H15NO2/c1-14(2,3)15-11-8-12(16)9-6-4-5-7-10(9)13(11)17/h4-8,15H,1-3H3. The van der Waals surface area contributed by atoms with E-state index in [-0.39, 0.29) is 17.1 Å². The SMILES string of the molecule is CC(C)(C)NC1=CC(=O)c2ccccc2C1=O. The van der Waals surface area contributed by atoms with Gasteiger partial charge in [0.05, 0.1) is 5.70 Å². The number of carbonyl (C=O) groups is 2. The van der Waals surface area contributed by atoms with E-state index < -0.39 is 0 Å². The zero-order chi connectivity index (χ0) is 12.6. The first-order valence-electron chi connectivity index (χ1n) is 5.56. The molecule has 88 valence electrons. The Hall–Kier alpha value is -1.90. The van der Waals surface area contributed by atoms with Crippen LogP contribution >= 0.6 is 0 Å². The lowest BCUT2D eigenvalue weighted by atomic mass is 9.92. The molecule has 3 nitrogen and oxygen atoms in total. The Morgan fingerprint density at radius 3 is 2.18 bits per heavy atom. The molecular formula is C14H15NO2. The largest absolute Gasteiger partial charge is 0.377 e. The maximum Gasteiger partial charge on any atom is 0.209 e. The Morgan fingerprint density at radius 2 is 1.59 bits per heavy atom. The molecule has 3 heteroatoms. The number of rotatable bonds is 1. The summed E-state index contributed by atoms with van der Waals surface area (Å²) in [7, 11) is 0. The van der Waals surface area contributed by atoms with Crippen molar-refractivity contribution in [2.75, 3.05) is 0 Å². The highest BCUT2D eigenvalue weighted by molar-refractivity contribution is 6.24. The zero-order valence-electron chi connectivity index (χ0n) is 10.2. The molecule has 1 N–H and O–H groups in total. The fraction of sp³-hybridized carbons (Fsp3) is 0.286. The highest BCUT2D eigenvalue weighted by Crippen LogP contribution is 2.21. The minimum atomic E-state index is -0.242. The molecular weight excluding hydrogens is 214 g/mol. The van der Waals surface area contributed by atoms with Gasteiger partial charge in [-0.2, -0.15) is 0 Å². The minimum Gasteiger partial charge on any atom is -0.377 e. The van der Waals surface area contributed by atoms with E-state index in [1.165, 1.54) is 6.08 Å². The summed E-state index contributed by atoms with van der Waals surface area (Å²) >= 11 is 0. The summed E-state index contributed by atoms with van der Waals surface area (Å²) in [5.41, 5.74) is 1.10. The van der Waals surface area contributed by atoms with Gasteiger partial charge in [0.25, 0.3) is 0 Å². The van der Waals surface area contributed by atoms with Crippen molar-refractivity contribution in [2.24, 2.45) is 0 Å². The molecule has 2 rings (SSSR count). The number of Topliss-reactive ketones (excluding diaryl/α,β-unsaturated/α-hetero) is 1. The van der Waals surface area contributed by atoms with Gasteiger partial charge >= 0.3 is 0 Å². The molecule has 0 spiro atoms. The number of ketones is 2. The van der Waals surface area contributed by atoms with Gasteiger partial charge in [0.2, 0.25) is 5.78 Å². The number of fused-ring (bicyclic) bond motifs is 1. The van der Waals surface area contributed by atoms with Gasteiger partial charge in [0.15, 0.2) is 5.78 Å². The number of carbonyl (C=O) groups excluding carboxylic acids is 2. The van der Waals surface area contributed by atoms with E-state index in [2.05, 4.69) is 5.32 Å². The summed E-state index contributed by atoms with van der Waals surface area (Å²) in [5, 5.41) is 3.07. The van der Waals surface area contributed by atoms with E-state index in [1.807, 2.05) is 20.8 Å². The number of allylic oxidation sites excluding steroid dienone is 2. The number of nitrogens with one attached hydrogen (secondary N) is 1. The van der Waals surface area contributed by atoms with Crippen LogP contribution < -0.4 is 5.32 Å².